The van der Waals surface area contributed by atoms with E-state index in [2.05, 4.69) is 12.1 Å². The van der Waals surface area contributed by atoms with E-state index in [9.17, 15) is 9.18 Å². The molecule has 0 heterocycles. The lowest BCUT2D eigenvalue weighted by molar-refractivity contribution is -0.134. The van der Waals surface area contributed by atoms with Crippen molar-refractivity contribution in [3.63, 3.8) is 0 Å². The van der Waals surface area contributed by atoms with Crippen LogP contribution in [-0.4, -0.2) is 13.1 Å². The molecular formula is C19H17FO2. The van der Waals surface area contributed by atoms with Crippen LogP contribution in [0.25, 0.3) is 16.7 Å². The molecular weight excluding hydrogens is 279 g/mol. The van der Waals surface area contributed by atoms with Gasteiger partial charge >= 0.3 is 5.97 Å². The minimum absolute atomic E-state index is 0.243. The van der Waals surface area contributed by atoms with Gasteiger partial charge in [-0.1, -0.05) is 24.3 Å². The van der Waals surface area contributed by atoms with Gasteiger partial charge < -0.3 is 4.74 Å². The topological polar surface area (TPSA) is 26.3 Å². The van der Waals surface area contributed by atoms with E-state index in [1.54, 1.807) is 18.2 Å². The highest BCUT2D eigenvalue weighted by Gasteiger charge is 2.16. The first-order chi connectivity index (χ1) is 10.7. The standard InChI is InChI=1S/C19H17FO2/c1-22-19(21)12-16-4-2-3-14-5-6-15(11-18(14)16)13-7-9-17(20)10-8-13/h5-12H,2-4H2,1H3/b16-12+. The lowest BCUT2D eigenvalue weighted by Crippen LogP contribution is -2.05. The first kappa shape index (κ1) is 14.5. The number of benzene rings is 2. The zero-order valence-electron chi connectivity index (χ0n) is 12.4. The van der Waals surface area contributed by atoms with Crippen molar-refractivity contribution in [3.8, 4) is 11.1 Å². The summed E-state index contributed by atoms with van der Waals surface area (Å²) >= 11 is 0. The molecule has 112 valence electrons. The molecule has 0 aliphatic heterocycles. The fourth-order valence-corrected chi connectivity index (χ4v) is 2.87. The summed E-state index contributed by atoms with van der Waals surface area (Å²) in [7, 11) is 1.39. The van der Waals surface area contributed by atoms with Crippen molar-refractivity contribution in [3.05, 3.63) is 65.5 Å². The third-order valence-corrected chi connectivity index (χ3v) is 4.02. The van der Waals surface area contributed by atoms with E-state index >= 15 is 0 Å². The minimum atomic E-state index is -0.324. The molecule has 0 N–H and O–H groups in total. The van der Waals surface area contributed by atoms with Crippen molar-refractivity contribution < 1.29 is 13.9 Å². The van der Waals surface area contributed by atoms with E-state index in [1.165, 1.54) is 24.8 Å². The van der Waals surface area contributed by atoms with Gasteiger partial charge in [-0.2, -0.15) is 0 Å². The van der Waals surface area contributed by atoms with Gasteiger partial charge in [0.1, 0.15) is 5.82 Å². The molecule has 3 rings (SSSR count). The Hall–Kier alpha value is -2.42. The van der Waals surface area contributed by atoms with Gasteiger partial charge in [0.2, 0.25) is 0 Å². The van der Waals surface area contributed by atoms with Crippen LogP contribution in [0, 0.1) is 5.82 Å². The van der Waals surface area contributed by atoms with Gasteiger partial charge in [0.25, 0.3) is 0 Å². The molecule has 0 bridgehead atoms. The van der Waals surface area contributed by atoms with Crippen LogP contribution < -0.4 is 0 Å². The maximum Gasteiger partial charge on any atom is 0.330 e. The van der Waals surface area contributed by atoms with Gasteiger partial charge in [0.15, 0.2) is 0 Å². The van der Waals surface area contributed by atoms with Crippen LogP contribution in [0.3, 0.4) is 0 Å². The molecule has 2 aromatic rings. The number of allylic oxidation sites excluding steroid dienone is 1. The number of aryl methyl sites for hydroxylation is 1. The second-order valence-corrected chi connectivity index (χ2v) is 5.43. The number of halogens is 1. The van der Waals surface area contributed by atoms with E-state index < -0.39 is 0 Å². The Morgan fingerprint density at radius 2 is 1.82 bits per heavy atom. The predicted molar refractivity (Wildman–Crippen MR) is 84.8 cm³/mol. The lowest BCUT2D eigenvalue weighted by Gasteiger charge is -2.20. The number of ether oxygens (including phenoxy) is 1. The third-order valence-electron chi connectivity index (χ3n) is 4.02. The van der Waals surface area contributed by atoms with E-state index in [0.717, 1.165) is 41.5 Å². The van der Waals surface area contributed by atoms with E-state index in [1.807, 2.05) is 6.07 Å². The largest absolute Gasteiger partial charge is 0.466 e. The van der Waals surface area contributed by atoms with Crippen molar-refractivity contribution in [1.82, 2.24) is 0 Å². The average molecular weight is 296 g/mol. The van der Waals surface area contributed by atoms with Crippen molar-refractivity contribution in [2.75, 3.05) is 7.11 Å². The molecule has 3 heteroatoms. The van der Waals surface area contributed by atoms with Crippen molar-refractivity contribution in [2.45, 2.75) is 19.3 Å². The second kappa shape index (κ2) is 6.14. The number of rotatable bonds is 2. The Morgan fingerprint density at radius 1 is 1.09 bits per heavy atom. The highest BCUT2D eigenvalue weighted by Crippen LogP contribution is 2.34. The Kier molecular flexibility index (Phi) is 4.05. The highest BCUT2D eigenvalue weighted by molar-refractivity contribution is 5.92. The normalized spacial score (nSPS) is 15.5. The Bertz CT molecular complexity index is 730. The van der Waals surface area contributed by atoms with E-state index in [0.29, 0.717) is 0 Å². The number of fused-ring (bicyclic) bond motifs is 1. The van der Waals surface area contributed by atoms with Crippen LogP contribution in [0.5, 0.6) is 0 Å². The summed E-state index contributed by atoms with van der Waals surface area (Å²) in [6.07, 6.45) is 4.49. The SMILES string of the molecule is COC(=O)/C=C1\CCCc2ccc(-c3ccc(F)cc3)cc21. The predicted octanol–water partition coefficient (Wildman–Crippen LogP) is 4.39. The number of hydrogen-bond acceptors (Lipinski definition) is 2. The number of esters is 1. The summed E-state index contributed by atoms with van der Waals surface area (Å²) < 4.78 is 17.8. The Morgan fingerprint density at radius 3 is 2.55 bits per heavy atom. The van der Waals surface area contributed by atoms with E-state index in [-0.39, 0.29) is 11.8 Å². The fraction of sp³-hybridized carbons (Fsp3) is 0.211. The molecule has 0 aromatic heterocycles. The van der Waals surface area contributed by atoms with Crippen LogP contribution in [0.15, 0.2) is 48.5 Å². The zero-order valence-corrected chi connectivity index (χ0v) is 12.4. The molecule has 0 amide bonds. The summed E-state index contributed by atoms with van der Waals surface area (Å²) in [6, 6.07) is 12.7. The molecule has 1 aliphatic rings. The molecule has 0 unspecified atom stereocenters. The molecule has 2 aromatic carbocycles. The molecule has 0 spiro atoms. The first-order valence-corrected chi connectivity index (χ1v) is 7.35. The molecule has 0 fully saturated rings. The first-order valence-electron chi connectivity index (χ1n) is 7.35. The Balaban J connectivity index is 2.04. The molecule has 0 saturated heterocycles. The molecule has 1 aliphatic carbocycles. The summed E-state index contributed by atoms with van der Waals surface area (Å²) in [5, 5.41) is 0. The van der Waals surface area contributed by atoms with Crippen LogP contribution >= 0.6 is 0 Å². The summed E-state index contributed by atoms with van der Waals surface area (Å²) in [6.45, 7) is 0. The van der Waals surface area contributed by atoms with Gasteiger partial charge in [-0.3, -0.25) is 0 Å². The van der Waals surface area contributed by atoms with E-state index in [4.69, 9.17) is 4.74 Å². The van der Waals surface area contributed by atoms with Gasteiger partial charge in [-0.25, -0.2) is 9.18 Å². The van der Waals surface area contributed by atoms with Gasteiger partial charge in [0.05, 0.1) is 7.11 Å². The van der Waals surface area contributed by atoms with Gasteiger partial charge in [-0.15, -0.1) is 0 Å². The maximum absolute atomic E-state index is 13.1. The monoisotopic (exact) mass is 296 g/mol. The smallest absolute Gasteiger partial charge is 0.330 e. The van der Waals surface area contributed by atoms with Crippen LogP contribution in [0.4, 0.5) is 4.39 Å². The summed E-state index contributed by atoms with van der Waals surface area (Å²) in [4.78, 5) is 11.5. The average Bonchev–Trinajstić information content (AvgIpc) is 2.55. The van der Waals surface area contributed by atoms with Gasteiger partial charge in [-0.05, 0) is 65.3 Å². The Labute approximate surface area is 129 Å². The number of carbonyl (C=O) groups is 1. The van der Waals surface area contributed by atoms with Crippen LogP contribution in [-0.2, 0) is 16.0 Å². The van der Waals surface area contributed by atoms with Crippen molar-refractivity contribution >= 4 is 11.5 Å². The second-order valence-electron chi connectivity index (χ2n) is 5.43. The summed E-state index contributed by atoms with van der Waals surface area (Å²) in [5.74, 6) is -0.567. The minimum Gasteiger partial charge on any atom is -0.466 e. The molecule has 2 nitrogen and oxygen atoms in total. The summed E-state index contributed by atoms with van der Waals surface area (Å²) in [5.41, 5.74) is 5.34. The molecule has 22 heavy (non-hydrogen) atoms. The number of hydrogen-bond donors (Lipinski definition) is 0. The van der Waals surface area contributed by atoms with Gasteiger partial charge in [0, 0.05) is 6.08 Å². The van der Waals surface area contributed by atoms with Crippen LogP contribution in [0.1, 0.15) is 24.0 Å². The fourth-order valence-electron chi connectivity index (χ4n) is 2.87. The van der Waals surface area contributed by atoms with Crippen molar-refractivity contribution in [2.24, 2.45) is 0 Å². The molecule has 0 atom stereocenters. The molecule has 0 radical (unpaired) electrons. The van der Waals surface area contributed by atoms with Crippen LogP contribution in [0.2, 0.25) is 0 Å². The number of methoxy groups -OCH3 is 1. The third kappa shape index (κ3) is 2.93. The quantitative estimate of drug-likeness (QED) is 0.607. The zero-order chi connectivity index (χ0) is 15.5. The molecule has 0 saturated carbocycles. The maximum atomic E-state index is 13.1. The highest BCUT2D eigenvalue weighted by atomic mass is 19.1. The number of carbonyl (C=O) groups excluding carboxylic acids is 1. The lowest BCUT2D eigenvalue weighted by atomic mass is 9.85. The van der Waals surface area contributed by atoms with Crippen molar-refractivity contribution in [1.29, 1.82) is 0 Å².